The summed E-state index contributed by atoms with van der Waals surface area (Å²) in [6.45, 7) is 0. The number of fused-ring (bicyclic) bond motifs is 2. The smallest absolute Gasteiger partial charge is 0.421 e. The van der Waals surface area contributed by atoms with E-state index in [1.165, 1.54) is 0 Å². The third-order valence-electron chi connectivity index (χ3n) is 4.15. The quantitative estimate of drug-likeness (QED) is 0.558. The zero-order valence-electron chi connectivity index (χ0n) is 13.6. The third-order valence-corrected chi connectivity index (χ3v) is 4.15. The van der Waals surface area contributed by atoms with E-state index in [-0.39, 0.29) is 5.69 Å². The number of aromatic nitrogens is 5. The molecule has 0 amide bonds. The van der Waals surface area contributed by atoms with Gasteiger partial charge in [-0.1, -0.05) is 6.07 Å². The summed E-state index contributed by atoms with van der Waals surface area (Å²) in [6.07, 6.45) is -2.30. The molecule has 1 aromatic carbocycles. The minimum Gasteiger partial charge on any atom is -0.476 e. The van der Waals surface area contributed by atoms with Crippen molar-refractivity contribution in [3.05, 3.63) is 52.3 Å². The predicted octanol–water partition coefficient (Wildman–Crippen LogP) is 2.29. The summed E-state index contributed by atoms with van der Waals surface area (Å²) in [5.74, 6) is -1.87. The fourth-order valence-corrected chi connectivity index (χ4v) is 2.95. The second-order valence-electron chi connectivity index (χ2n) is 5.88. The van der Waals surface area contributed by atoms with E-state index in [1.807, 2.05) is 0 Å². The summed E-state index contributed by atoms with van der Waals surface area (Å²) in [5.41, 5.74) is -2.67. The molecule has 8 nitrogen and oxygen atoms in total. The number of imidazole rings is 1. The highest BCUT2D eigenvalue weighted by molar-refractivity contribution is 5.90. The number of aryl methyl sites for hydroxylation is 1. The van der Waals surface area contributed by atoms with Crippen molar-refractivity contribution in [1.82, 2.24) is 24.1 Å². The molecule has 0 radical (unpaired) electrons. The van der Waals surface area contributed by atoms with Crippen LogP contribution in [0.25, 0.3) is 27.8 Å². The fourth-order valence-electron chi connectivity index (χ4n) is 2.95. The summed E-state index contributed by atoms with van der Waals surface area (Å²) in [5, 5.41) is 12.5. The SMILES string of the molecule is Cn1cnc2cc(-c3cn4nc(C(=O)O)c(C(F)(F)F)c4c(=O)[nH]3)ccc21. The zero-order valence-corrected chi connectivity index (χ0v) is 13.6. The molecule has 4 aromatic rings. The molecule has 0 aliphatic rings. The summed E-state index contributed by atoms with van der Waals surface area (Å²) in [7, 11) is 1.80. The van der Waals surface area contributed by atoms with Crippen LogP contribution < -0.4 is 5.56 Å². The molecular formula is C16H10F3N5O3. The van der Waals surface area contributed by atoms with E-state index in [1.54, 1.807) is 36.1 Å². The number of carboxylic acid groups (broad SMARTS) is 1. The van der Waals surface area contributed by atoms with Gasteiger partial charge in [-0.2, -0.15) is 18.3 Å². The van der Waals surface area contributed by atoms with Crippen LogP contribution >= 0.6 is 0 Å². The summed E-state index contributed by atoms with van der Waals surface area (Å²) >= 11 is 0. The summed E-state index contributed by atoms with van der Waals surface area (Å²) < 4.78 is 42.2. The van der Waals surface area contributed by atoms with Crippen molar-refractivity contribution in [3.63, 3.8) is 0 Å². The highest BCUT2D eigenvalue weighted by Gasteiger charge is 2.41. The van der Waals surface area contributed by atoms with Gasteiger partial charge in [0.15, 0.2) is 5.69 Å². The van der Waals surface area contributed by atoms with Crippen LogP contribution in [0.2, 0.25) is 0 Å². The Hall–Kier alpha value is -3.63. The van der Waals surface area contributed by atoms with Gasteiger partial charge in [-0.25, -0.2) is 14.3 Å². The van der Waals surface area contributed by atoms with Gasteiger partial charge in [0.1, 0.15) is 11.1 Å². The van der Waals surface area contributed by atoms with Crippen LogP contribution in [0.1, 0.15) is 16.1 Å². The van der Waals surface area contributed by atoms with E-state index in [0.29, 0.717) is 15.6 Å². The number of nitrogens with one attached hydrogen (secondary N) is 1. The highest BCUT2D eigenvalue weighted by atomic mass is 19.4. The Labute approximate surface area is 147 Å². The van der Waals surface area contributed by atoms with Crippen molar-refractivity contribution in [2.75, 3.05) is 0 Å². The number of carbonyl (C=O) groups is 1. The normalized spacial score (nSPS) is 12.1. The van der Waals surface area contributed by atoms with Crippen LogP contribution in [0, 0.1) is 0 Å². The number of rotatable bonds is 2. The molecule has 2 N–H and O–H groups in total. The highest BCUT2D eigenvalue weighted by Crippen LogP contribution is 2.34. The molecule has 0 fully saturated rings. The molecule has 0 aliphatic heterocycles. The van der Waals surface area contributed by atoms with Gasteiger partial charge in [-0.15, -0.1) is 0 Å². The maximum Gasteiger partial charge on any atom is 0.421 e. The number of nitrogens with zero attached hydrogens (tertiary/aromatic N) is 4. The van der Waals surface area contributed by atoms with Gasteiger partial charge >= 0.3 is 12.1 Å². The lowest BCUT2D eigenvalue weighted by atomic mass is 10.1. The van der Waals surface area contributed by atoms with Crippen LogP contribution in [0.3, 0.4) is 0 Å². The number of aromatic carboxylic acids is 1. The first-order valence-electron chi connectivity index (χ1n) is 7.54. The minimum absolute atomic E-state index is 0.174. The second-order valence-corrected chi connectivity index (χ2v) is 5.88. The lowest BCUT2D eigenvalue weighted by Crippen LogP contribution is -2.17. The number of benzene rings is 1. The predicted molar refractivity (Wildman–Crippen MR) is 87.5 cm³/mol. The monoisotopic (exact) mass is 377 g/mol. The lowest BCUT2D eigenvalue weighted by molar-refractivity contribution is -0.136. The number of hydrogen-bond donors (Lipinski definition) is 2. The molecule has 3 heterocycles. The van der Waals surface area contributed by atoms with Gasteiger partial charge in [0.25, 0.3) is 5.56 Å². The number of alkyl halides is 3. The Bertz CT molecular complexity index is 1280. The fraction of sp³-hybridized carbons (Fsp3) is 0.125. The average Bonchev–Trinajstić information content (AvgIpc) is 3.16. The van der Waals surface area contributed by atoms with Crippen molar-refractivity contribution in [2.45, 2.75) is 6.18 Å². The minimum atomic E-state index is -5.04. The van der Waals surface area contributed by atoms with Crippen LogP contribution in [-0.2, 0) is 13.2 Å². The molecule has 0 unspecified atom stereocenters. The Morgan fingerprint density at radius 1 is 1.30 bits per heavy atom. The zero-order chi connectivity index (χ0) is 19.5. The van der Waals surface area contributed by atoms with Gasteiger partial charge in [0.05, 0.1) is 29.3 Å². The Kier molecular flexibility index (Phi) is 3.38. The van der Waals surface area contributed by atoms with Crippen molar-refractivity contribution in [1.29, 1.82) is 0 Å². The number of hydrogen-bond acceptors (Lipinski definition) is 4. The molecule has 0 spiro atoms. The molecule has 0 atom stereocenters. The Morgan fingerprint density at radius 2 is 2.04 bits per heavy atom. The molecule has 27 heavy (non-hydrogen) atoms. The van der Waals surface area contributed by atoms with Gasteiger partial charge in [-0.3, -0.25) is 4.79 Å². The molecule has 0 aliphatic carbocycles. The molecule has 0 saturated heterocycles. The molecule has 11 heteroatoms. The lowest BCUT2D eigenvalue weighted by Gasteiger charge is -2.06. The topological polar surface area (TPSA) is 105 Å². The average molecular weight is 377 g/mol. The molecule has 0 saturated carbocycles. The first-order valence-corrected chi connectivity index (χ1v) is 7.54. The maximum atomic E-state index is 13.3. The third kappa shape index (κ3) is 2.55. The first-order chi connectivity index (χ1) is 12.7. The van der Waals surface area contributed by atoms with E-state index >= 15 is 0 Å². The standard InChI is InChI=1S/C16H10F3N5O3/c1-23-6-20-8-4-7(2-3-10(8)23)9-5-24-13(14(25)21-9)11(16(17,18)19)12(22-24)15(26)27/h2-6H,1H3,(H,21,25)(H,26,27). The van der Waals surface area contributed by atoms with Crippen molar-refractivity contribution in [2.24, 2.45) is 7.05 Å². The van der Waals surface area contributed by atoms with E-state index in [2.05, 4.69) is 15.1 Å². The maximum absolute atomic E-state index is 13.3. The van der Waals surface area contributed by atoms with Gasteiger partial charge < -0.3 is 14.7 Å². The number of aromatic amines is 1. The van der Waals surface area contributed by atoms with Gasteiger partial charge in [-0.05, 0) is 12.1 Å². The molecule has 4 rings (SSSR count). The molecule has 3 aromatic heterocycles. The van der Waals surface area contributed by atoms with E-state index in [9.17, 15) is 22.8 Å². The largest absolute Gasteiger partial charge is 0.476 e. The van der Waals surface area contributed by atoms with Crippen molar-refractivity contribution < 1.29 is 23.1 Å². The van der Waals surface area contributed by atoms with E-state index in [4.69, 9.17) is 5.11 Å². The van der Waals surface area contributed by atoms with Crippen LogP contribution in [0.4, 0.5) is 13.2 Å². The molecular weight excluding hydrogens is 367 g/mol. The van der Waals surface area contributed by atoms with Crippen LogP contribution in [0.5, 0.6) is 0 Å². The van der Waals surface area contributed by atoms with Crippen molar-refractivity contribution in [3.8, 4) is 11.3 Å². The molecule has 0 bridgehead atoms. The Morgan fingerprint density at radius 3 is 2.70 bits per heavy atom. The van der Waals surface area contributed by atoms with Crippen molar-refractivity contribution >= 4 is 22.5 Å². The summed E-state index contributed by atoms with van der Waals surface area (Å²) in [6, 6.07) is 5.05. The second kappa shape index (κ2) is 5.43. The van der Waals surface area contributed by atoms with Crippen LogP contribution in [-0.4, -0.2) is 35.2 Å². The Balaban J connectivity index is 1.98. The first kappa shape index (κ1) is 16.8. The van der Waals surface area contributed by atoms with E-state index in [0.717, 1.165) is 11.7 Å². The number of H-pyrrole nitrogens is 1. The number of carboxylic acids is 1. The van der Waals surface area contributed by atoms with Gasteiger partial charge in [0.2, 0.25) is 0 Å². The summed E-state index contributed by atoms with van der Waals surface area (Å²) in [4.78, 5) is 30.0. The molecule has 138 valence electrons. The number of halogens is 3. The van der Waals surface area contributed by atoms with Gasteiger partial charge in [0, 0.05) is 12.6 Å². The van der Waals surface area contributed by atoms with E-state index < -0.39 is 34.5 Å². The van der Waals surface area contributed by atoms with Crippen LogP contribution in [0.15, 0.2) is 35.5 Å².